The fourth-order valence-corrected chi connectivity index (χ4v) is 4.03. The second kappa shape index (κ2) is 7.91. The third kappa shape index (κ3) is 4.73. The Labute approximate surface area is 162 Å². The maximum Gasteiger partial charge on any atom is 0.234 e. The quantitative estimate of drug-likeness (QED) is 0.776. The number of nitrogens with one attached hydrogen (secondary N) is 2. The number of carbonyl (C=O) groups is 2. The van der Waals surface area contributed by atoms with E-state index in [0.717, 1.165) is 16.0 Å². The number of ether oxygens (including phenoxy) is 1. The molecule has 0 aliphatic carbocycles. The molecule has 1 aromatic heterocycles. The van der Waals surface area contributed by atoms with Crippen molar-refractivity contribution in [3.05, 3.63) is 51.9 Å². The lowest BCUT2D eigenvalue weighted by Crippen LogP contribution is -2.31. The van der Waals surface area contributed by atoms with Gasteiger partial charge in [0.15, 0.2) is 0 Å². The van der Waals surface area contributed by atoms with E-state index in [1.165, 1.54) is 11.3 Å². The number of fused-ring (bicyclic) bond motifs is 1. The lowest BCUT2D eigenvalue weighted by Gasteiger charge is -2.29. The molecule has 0 atom stereocenters. The van der Waals surface area contributed by atoms with Crippen LogP contribution in [0.4, 0.5) is 5.00 Å². The number of thiophene rings is 1. The largest absolute Gasteiger partial charge is 0.370 e. The molecule has 2 aromatic rings. The molecule has 27 heavy (non-hydrogen) atoms. The highest BCUT2D eigenvalue weighted by Crippen LogP contribution is 2.39. The minimum absolute atomic E-state index is 0.289. The van der Waals surface area contributed by atoms with Gasteiger partial charge in [0.25, 0.3) is 0 Å². The summed E-state index contributed by atoms with van der Waals surface area (Å²) in [6.07, 6.45) is 0.331. The van der Waals surface area contributed by atoms with E-state index in [4.69, 9.17) is 4.74 Å². The van der Waals surface area contributed by atoms with Gasteiger partial charge in [-0.15, -0.1) is 11.3 Å². The van der Waals surface area contributed by atoms with Gasteiger partial charge in [0, 0.05) is 17.8 Å². The maximum atomic E-state index is 12.2. The smallest absolute Gasteiger partial charge is 0.234 e. The third-order valence-electron chi connectivity index (χ3n) is 4.31. The monoisotopic (exact) mass is 383 g/mol. The van der Waals surface area contributed by atoms with E-state index in [9.17, 15) is 14.9 Å². The Morgan fingerprint density at radius 3 is 2.70 bits per heavy atom. The van der Waals surface area contributed by atoms with Gasteiger partial charge in [0.05, 0.1) is 17.8 Å². The molecule has 7 heteroatoms. The van der Waals surface area contributed by atoms with E-state index < -0.39 is 5.91 Å². The van der Waals surface area contributed by atoms with Crippen molar-refractivity contribution in [2.45, 2.75) is 45.4 Å². The first-order chi connectivity index (χ1) is 12.9. The Morgan fingerprint density at radius 2 is 2.00 bits per heavy atom. The van der Waals surface area contributed by atoms with Crippen LogP contribution in [0.2, 0.25) is 0 Å². The SMILES string of the molecule is CC1(C)Cc2c(sc(NC(=O)CC(=O)NCc3ccccc3)c2C#N)CO1. The van der Waals surface area contributed by atoms with Crippen molar-refractivity contribution in [2.24, 2.45) is 0 Å². The fourth-order valence-electron chi connectivity index (χ4n) is 2.94. The van der Waals surface area contributed by atoms with Gasteiger partial charge in [-0.25, -0.2) is 0 Å². The van der Waals surface area contributed by atoms with E-state index in [-0.39, 0.29) is 17.9 Å². The lowest BCUT2D eigenvalue weighted by molar-refractivity contribution is -0.126. The number of carbonyl (C=O) groups excluding carboxylic acids is 2. The van der Waals surface area contributed by atoms with Gasteiger partial charge in [-0.05, 0) is 25.0 Å². The Hall–Kier alpha value is -2.69. The zero-order valence-corrected chi connectivity index (χ0v) is 16.1. The zero-order chi connectivity index (χ0) is 19.4. The van der Waals surface area contributed by atoms with Gasteiger partial charge in [-0.3, -0.25) is 9.59 Å². The number of rotatable bonds is 5. The molecule has 0 bridgehead atoms. The first kappa shape index (κ1) is 19.1. The predicted molar refractivity (Wildman–Crippen MR) is 103 cm³/mol. The van der Waals surface area contributed by atoms with Gasteiger partial charge >= 0.3 is 0 Å². The highest BCUT2D eigenvalue weighted by molar-refractivity contribution is 7.16. The number of nitrogens with zero attached hydrogens (tertiary/aromatic N) is 1. The summed E-state index contributed by atoms with van der Waals surface area (Å²) < 4.78 is 5.77. The summed E-state index contributed by atoms with van der Waals surface area (Å²) in [6.45, 7) is 4.75. The lowest BCUT2D eigenvalue weighted by atomic mass is 9.93. The third-order valence-corrected chi connectivity index (χ3v) is 5.43. The summed E-state index contributed by atoms with van der Waals surface area (Å²) >= 11 is 1.34. The van der Waals surface area contributed by atoms with Crippen molar-refractivity contribution in [3.63, 3.8) is 0 Å². The van der Waals surface area contributed by atoms with Crippen LogP contribution in [-0.4, -0.2) is 17.4 Å². The van der Waals surface area contributed by atoms with E-state index in [1.807, 2.05) is 44.2 Å². The molecule has 0 saturated carbocycles. The normalized spacial score (nSPS) is 14.7. The summed E-state index contributed by atoms with van der Waals surface area (Å²) in [7, 11) is 0. The topological polar surface area (TPSA) is 91.2 Å². The summed E-state index contributed by atoms with van der Waals surface area (Å²) in [5, 5.41) is 15.5. The molecule has 1 aromatic carbocycles. The first-order valence-electron chi connectivity index (χ1n) is 8.67. The van der Waals surface area contributed by atoms with Crippen molar-refractivity contribution in [1.29, 1.82) is 5.26 Å². The van der Waals surface area contributed by atoms with Crippen LogP contribution in [0.5, 0.6) is 0 Å². The number of benzene rings is 1. The molecule has 1 aliphatic heterocycles. The fraction of sp³-hybridized carbons (Fsp3) is 0.350. The van der Waals surface area contributed by atoms with Crippen molar-refractivity contribution in [2.75, 3.05) is 5.32 Å². The molecule has 0 unspecified atom stereocenters. The molecule has 6 nitrogen and oxygen atoms in total. The predicted octanol–water partition coefficient (Wildman–Crippen LogP) is 3.12. The Morgan fingerprint density at radius 1 is 1.26 bits per heavy atom. The van der Waals surface area contributed by atoms with E-state index >= 15 is 0 Å². The van der Waals surface area contributed by atoms with Crippen LogP contribution in [-0.2, 0) is 33.9 Å². The van der Waals surface area contributed by atoms with Gasteiger partial charge in [-0.2, -0.15) is 5.26 Å². The van der Waals surface area contributed by atoms with Crippen LogP contribution < -0.4 is 10.6 Å². The van der Waals surface area contributed by atoms with Gasteiger partial charge in [0.1, 0.15) is 17.5 Å². The van der Waals surface area contributed by atoms with Crippen molar-refractivity contribution in [3.8, 4) is 6.07 Å². The summed E-state index contributed by atoms with van der Waals surface area (Å²) in [4.78, 5) is 25.2. The average Bonchev–Trinajstić information content (AvgIpc) is 2.95. The number of anilines is 1. The molecule has 0 spiro atoms. The highest BCUT2D eigenvalue weighted by atomic mass is 32.1. The number of hydrogen-bond acceptors (Lipinski definition) is 5. The molecule has 3 rings (SSSR count). The Kier molecular flexibility index (Phi) is 5.59. The van der Waals surface area contributed by atoms with Gasteiger partial charge < -0.3 is 15.4 Å². The number of hydrogen-bond donors (Lipinski definition) is 2. The minimum Gasteiger partial charge on any atom is -0.370 e. The van der Waals surface area contributed by atoms with E-state index in [1.54, 1.807) is 0 Å². The van der Waals surface area contributed by atoms with Crippen LogP contribution in [0, 0.1) is 11.3 Å². The maximum absolute atomic E-state index is 12.2. The van der Waals surface area contributed by atoms with Crippen LogP contribution in [0.3, 0.4) is 0 Å². The number of amides is 2. The van der Waals surface area contributed by atoms with Crippen molar-refractivity contribution in [1.82, 2.24) is 5.32 Å². The summed E-state index contributed by atoms with van der Waals surface area (Å²) in [5.41, 5.74) is 2.04. The zero-order valence-electron chi connectivity index (χ0n) is 15.3. The summed E-state index contributed by atoms with van der Waals surface area (Å²) in [5.74, 6) is -0.795. The molecule has 140 valence electrons. The molecule has 2 amide bonds. The minimum atomic E-state index is -0.434. The molecule has 2 N–H and O–H groups in total. The standard InChI is InChI=1S/C20H21N3O3S/c1-20(2)9-14-15(10-21)19(27-16(14)12-26-20)23-18(25)8-17(24)22-11-13-6-4-3-5-7-13/h3-7H,8-9,11-12H2,1-2H3,(H,22,24)(H,23,25). The Balaban J connectivity index is 1.60. The van der Waals surface area contributed by atoms with Crippen LogP contribution in [0.15, 0.2) is 30.3 Å². The molecule has 0 radical (unpaired) electrons. The molecular formula is C20H21N3O3S. The average molecular weight is 383 g/mol. The van der Waals surface area contributed by atoms with E-state index in [2.05, 4.69) is 16.7 Å². The van der Waals surface area contributed by atoms with Crippen molar-refractivity contribution >= 4 is 28.2 Å². The van der Waals surface area contributed by atoms with Crippen LogP contribution in [0.1, 0.15) is 41.8 Å². The second-order valence-electron chi connectivity index (χ2n) is 7.03. The van der Waals surface area contributed by atoms with Crippen LogP contribution >= 0.6 is 11.3 Å². The molecule has 0 fully saturated rings. The summed E-state index contributed by atoms with van der Waals surface area (Å²) in [6, 6.07) is 11.7. The highest BCUT2D eigenvalue weighted by Gasteiger charge is 2.31. The van der Waals surface area contributed by atoms with Crippen molar-refractivity contribution < 1.29 is 14.3 Å². The Bertz CT molecular complexity index is 897. The molecule has 1 aliphatic rings. The number of nitriles is 1. The van der Waals surface area contributed by atoms with Crippen LogP contribution in [0.25, 0.3) is 0 Å². The molecule has 0 saturated heterocycles. The second-order valence-corrected chi connectivity index (χ2v) is 8.14. The molecular weight excluding hydrogens is 362 g/mol. The van der Waals surface area contributed by atoms with Gasteiger partial charge in [0.2, 0.25) is 11.8 Å². The van der Waals surface area contributed by atoms with E-state index in [0.29, 0.717) is 30.1 Å². The first-order valence-corrected chi connectivity index (χ1v) is 9.48. The molecule has 2 heterocycles. The van der Waals surface area contributed by atoms with Gasteiger partial charge in [-0.1, -0.05) is 30.3 Å².